The van der Waals surface area contributed by atoms with Crippen LogP contribution in [0.15, 0.2) is 34.7 Å². The number of carbonyl (C=O) groups excluding carboxylic acids is 1. The van der Waals surface area contributed by atoms with Crippen LogP contribution in [0, 0.1) is 18.8 Å². The molecule has 0 atom stereocenters. The van der Waals surface area contributed by atoms with Gasteiger partial charge in [0.15, 0.2) is 5.76 Å². The van der Waals surface area contributed by atoms with Crippen molar-refractivity contribution >= 4 is 11.6 Å². The van der Waals surface area contributed by atoms with Crippen LogP contribution in [0.3, 0.4) is 0 Å². The van der Waals surface area contributed by atoms with Crippen molar-refractivity contribution in [1.82, 2.24) is 0 Å². The van der Waals surface area contributed by atoms with Gasteiger partial charge in [0.25, 0.3) is 5.91 Å². The van der Waals surface area contributed by atoms with E-state index in [0.29, 0.717) is 5.69 Å². The molecule has 0 aliphatic carbocycles. The summed E-state index contributed by atoms with van der Waals surface area (Å²) in [5.74, 6) is 6.23. The number of hydrogen-bond acceptors (Lipinski definition) is 3. The lowest BCUT2D eigenvalue weighted by Gasteiger charge is -2.05. The highest BCUT2D eigenvalue weighted by atomic mass is 16.3. The minimum atomic E-state index is -0.292. The molecule has 4 heteroatoms. The summed E-state index contributed by atoms with van der Waals surface area (Å²) in [7, 11) is 0. The van der Waals surface area contributed by atoms with Gasteiger partial charge in [-0.15, -0.1) is 0 Å². The van der Waals surface area contributed by atoms with E-state index in [1.54, 1.807) is 24.3 Å². The van der Waals surface area contributed by atoms with Crippen LogP contribution in [-0.4, -0.2) is 17.6 Å². The maximum atomic E-state index is 12.1. The van der Waals surface area contributed by atoms with Gasteiger partial charge in [-0.1, -0.05) is 24.8 Å². The molecule has 21 heavy (non-hydrogen) atoms. The smallest absolute Gasteiger partial charge is 0.291 e. The highest BCUT2D eigenvalue weighted by molar-refractivity contribution is 6.02. The van der Waals surface area contributed by atoms with Crippen LogP contribution in [0.4, 0.5) is 5.69 Å². The largest absolute Gasteiger partial charge is 0.456 e. The van der Waals surface area contributed by atoms with Gasteiger partial charge in [0.2, 0.25) is 0 Å². The lowest BCUT2D eigenvalue weighted by atomic mass is 10.1. The summed E-state index contributed by atoms with van der Waals surface area (Å²) in [5.41, 5.74) is 2.40. The van der Waals surface area contributed by atoms with Crippen LogP contribution >= 0.6 is 0 Å². The van der Waals surface area contributed by atoms with E-state index >= 15 is 0 Å². The van der Waals surface area contributed by atoms with Crippen molar-refractivity contribution in [3.63, 3.8) is 0 Å². The predicted molar refractivity (Wildman–Crippen MR) is 81.2 cm³/mol. The van der Waals surface area contributed by atoms with Crippen LogP contribution in [0.2, 0.25) is 0 Å². The Morgan fingerprint density at radius 3 is 2.81 bits per heavy atom. The Hall–Kier alpha value is -2.51. The van der Waals surface area contributed by atoms with Crippen LogP contribution in [0.5, 0.6) is 0 Å². The van der Waals surface area contributed by atoms with Crippen molar-refractivity contribution in [2.45, 2.75) is 20.3 Å². The predicted octanol–water partition coefficient (Wildman–Crippen LogP) is 2.75. The number of aliphatic hydroxyl groups excluding tert-OH is 1. The van der Waals surface area contributed by atoms with E-state index in [1.807, 2.05) is 19.9 Å². The fourth-order valence-corrected chi connectivity index (χ4v) is 1.85. The summed E-state index contributed by atoms with van der Waals surface area (Å²) in [6, 6.07) is 8.91. The Balaban J connectivity index is 2.17. The molecule has 0 saturated heterocycles. The molecule has 1 heterocycles. The second kappa shape index (κ2) is 6.78. The van der Waals surface area contributed by atoms with Crippen molar-refractivity contribution in [1.29, 1.82) is 0 Å². The van der Waals surface area contributed by atoms with Gasteiger partial charge in [-0.25, -0.2) is 0 Å². The lowest BCUT2D eigenvalue weighted by Crippen LogP contribution is -2.11. The summed E-state index contributed by atoms with van der Waals surface area (Å²) in [5, 5.41) is 11.5. The normalized spacial score (nSPS) is 9.86. The summed E-state index contributed by atoms with van der Waals surface area (Å²) in [6.07, 6.45) is 0.749. The van der Waals surface area contributed by atoms with Gasteiger partial charge in [0, 0.05) is 17.7 Å². The summed E-state index contributed by atoms with van der Waals surface area (Å²) in [6.45, 7) is 3.70. The van der Waals surface area contributed by atoms with Crippen molar-refractivity contribution in [2.75, 3.05) is 11.9 Å². The number of aryl methyl sites for hydroxylation is 2. The number of benzene rings is 1. The Bertz CT molecular complexity index is 704. The SMILES string of the molecule is CCc1ccc(C(=O)Nc2ccc(C)c(C#CCO)c2)o1. The van der Waals surface area contributed by atoms with Gasteiger partial charge < -0.3 is 14.8 Å². The molecule has 1 aromatic carbocycles. The third-order valence-electron chi connectivity index (χ3n) is 3.03. The first-order chi connectivity index (χ1) is 10.1. The Morgan fingerprint density at radius 2 is 2.14 bits per heavy atom. The number of rotatable bonds is 3. The Labute approximate surface area is 123 Å². The average molecular weight is 283 g/mol. The van der Waals surface area contributed by atoms with Gasteiger partial charge in [0.1, 0.15) is 12.4 Å². The number of carbonyl (C=O) groups is 1. The molecule has 108 valence electrons. The maximum Gasteiger partial charge on any atom is 0.291 e. The van der Waals surface area contributed by atoms with Crippen LogP contribution in [-0.2, 0) is 6.42 Å². The fourth-order valence-electron chi connectivity index (χ4n) is 1.85. The Morgan fingerprint density at radius 1 is 1.33 bits per heavy atom. The molecule has 4 nitrogen and oxygen atoms in total. The highest BCUT2D eigenvalue weighted by Crippen LogP contribution is 2.16. The minimum absolute atomic E-state index is 0.192. The molecule has 2 aromatic rings. The first-order valence-corrected chi connectivity index (χ1v) is 6.74. The molecule has 1 aromatic heterocycles. The van der Waals surface area contributed by atoms with E-state index in [-0.39, 0.29) is 18.3 Å². The third kappa shape index (κ3) is 3.74. The number of aliphatic hydroxyl groups is 1. The zero-order valence-electron chi connectivity index (χ0n) is 12.1. The fraction of sp³-hybridized carbons (Fsp3) is 0.235. The van der Waals surface area contributed by atoms with E-state index < -0.39 is 0 Å². The first kappa shape index (κ1) is 14.9. The second-order valence-corrected chi connectivity index (χ2v) is 4.56. The lowest BCUT2D eigenvalue weighted by molar-refractivity contribution is 0.0995. The van der Waals surface area contributed by atoms with Gasteiger partial charge >= 0.3 is 0 Å². The van der Waals surface area contributed by atoms with Gasteiger partial charge in [-0.05, 0) is 36.8 Å². The van der Waals surface area contributed by atoms with E-state index in [4.69, 9.17) is 9.52 Å². The van der Waals surface area contributed by atoms with Gasteiger partial charge in [0.05, 0.1) is 0 Å². The van der Waals surface area contributed by atoms with Crippen molar-refractivity contribution in [3.05, 3.63) is 53.0 Å². The molecule has 0 saturated carbocycles. The summed E-state index contributed by atoms with van der Waals surface area (Å²) in [4.78, 5) is 12.1. The molecule has 0 fully saturated rings. The van der Waals surface area contributed by atoms with Crippen molar-refractivity contribution in [3.8, 4) is 11.8 Å². The Kier molecular flexibility index (Phi) is 4.81. The molecular formula is C17H17NO3. The molecule has 2 N–H and O–H groups in total. The molecule has 1 amide bonds. The van der Waals surface area contributed by atoms with Crippen molar-refractivity contribution < 1.29 is 14.3 Å². The van der Waals surface area contributed by atoms with Gasteiger partial charge in [-0.2, -0.15) is 0 Å². The number of nitrogens with one attached hydrogen (secondary N) is 1. The first-order valence-electron chi connectivity index (χ1n) is 6.74. The molecule has 0 radical (unpaired) electrons. The number of furan rings is 1. The van der Waals surface area contributed by atoms with Crippen LogP contribution in [0.1, 0.15) is 34.4 Å². The van der Waals surface area contributed by atoms with Crippen LogP contribution < -0.4 is 5.32 Å². The molecular weight excluding hydrogens is 266 g/mol. The molecule has 0 aliphatic heterocycles. The molecule has 0 unspecified atom stereocenters. The molecule has 0 aliphatic rings. The average Bonchev–Trinajstić information content (AvgIpc) is 2.97. The molecule has 0 spiro atoms. The number of hydrogen-bond donors (Lipinski definition) is 2. The zero-order chi connectivity index (χ0) is 15.2. The zero-order valence-corrected chi connectivity index (χ0v) is 12.1. The van der Waals surface area contributed by atoms with E-state index in [0.717, 1.165) is 23.3 Å². The monoisotopic (exact) mass is 283 g/mol. The van der Waals surface area contributed by atoms with Crippen LogP contribution in [0.25, 0.3) is 0 Å². The number of anilines is 1. The number of amides is 1. The third-order valence-corrected chi connectivity index (χ3v) is 3.03. The highest BCUT2D eigenvalue weighted by Gasteiger charge is 2.11. The standard InChI is InChI=1S/C17H17NO3/c1-3-15-8-9-16(21-15)17(20)18-14-7-6-12(2)13(11-14)5-4-10-19/h6-9,11,19H,3,10H2,1-2H3,(H,18,20). The second-order valence-electron chi connectivity index (χ2n) is 4.56. The topological polar surface area (TPSA) is 62.5 Å². The van der Waals surface area contributed by atoms with Crippen molar-refractivity contribution in [2.24, 2.45) is 0 Å². The van der Waals surface area contributed by atoms with E-state index in [9.17, 15) is 4.79 Å². The molecule has 0 bridgehead atoms. The van der Waals surface area contributed by atoms with E-state index in [2.05, 4.69) is 17.2 Å². The molecule has 2 rings (SSSR count). The quantitative estimate of drug-likeness (QED) is 0.851. The maximum absolute atomic E-state index is 12.1. The van der Waals surface area contributed by atoms with Gasteiger partial charge in [-0.3, -0.25) is 4.79 Å². The van der Waals surface area contributed by atoms with E-state index in [1.165, 1.54) is 0 Å². The minimum Gasteiger partial charge on any atom is -0.456 e. The summed E-state index contributed by atoms with van der Waals surface area (Å²) < 4.78 is 5.41. The summed E-state index contributed by atoms with van der Waals surface area (Å²) >= 11 is 0.